The van der Waals surface area contributed by atoms with Crippen molar-refractivity contribution in [2.45, 2.75) is 65.1 Å². The molecule has 0 saturated heterocycles. The molecule has 1 N–H and O–H groups in total. The highest BCUT2D eigenvalue weighted by molar-refractivity contribution is 7.92. The van der Waals surface area contributed by atoms with Crippen LogP contribution in [0.25, 0.3) is 0 Å². The Balaban J connectivity index is 1.92. The Morgan fingerprint density at radius 3 is 2.40 bits per heavy atom. The molecule has 1 aliphatic carbocycles. The molecule has 0 bridgehead atoms. The van der Waals surface area contributed by atoms with Crippen molar-refractivity contribution in [3.8, 4) is 0 Å². The van der Waals surface area contributed by atoms with Gasteiger partial charge in [0.15, 0.2) is 0 Å². The van der Waals surface area contributed by atoms with Gasteiger partial charge in [-0.2, -0.15) is 0 Å². The monoisotopic (exact) mass is 503 g/mol. The summed E-state index contributed by atoms with van der Waals surface area (Å²) < 4.78 is 41.0. The zero-order valence-corrected chi connectivity index (χ0v) is 21.6. The Morgan fingerprint density at radius 1 is 1.11 bits per heavy atom. The summed E-state index contributed by atoms with van der Waals surface area (Å²) in [6, 6.07) is 10.6. The zero-order valence-electron chi connectivity index (χ0n) is 20.8. The second-order valence-corrected chi connectivity index (χ2v) is 11.2. The van der Waals surface area contributed by atoms with Crippen molar-refractivity contribution in [2.24, 2.45) is 0 Å². The maximum Gasteiger partial charge on any atom is 0.244 e. The number of amides is 2. The summed E-state index contributed by atoms with van der Waals surface area (Å²) in [5.41, 5.74) is 2.19. The van der Waals surface area contributed by atoms with Crippen LogP contribution in [0, 0.1) is 19.7 Å². The number of hydrogen-bond acceptors (Lipinski definition) is 4. The first kappa shape index (κ1) is 26.7. The van der Waals surface area contributed by atoms with Crippen molar-refractivity contribution in [3.05, 3.63) is 65.0 Å². The normalized spacial score (nSPS) is 15.0. The van der Waals surface area contributed by atoms with Crippen LogP contribution in [-0.2, 0) is 26.2 Å². The van der Waals surface area contributed by atoms with E-state index in [9.17, 15) is 22.4 Å². The van der Waals surface area contributed by atoms with Crippen molar-refractivity contribution < 1.29 is 22.4 Å². The number of carbonyl (C=O) groups excluding carboxylic acids is 2. The minimum Gasteiger partial charge on any atom is -0.352 e. The molecule has 2 aromatic rings. The Labute approximate surface area is 207 Å². The average molecular weight is 504 g/mol. The molecule has 0 spiro atoms. The van der Waals surface area contributed by atoms with Crippen LogP contribution in [0.3, 0.4) is 0 Å². The van der Waals surface area contributed by atoms with Crippen molar-refractivity contribution in [2.75, 3.05) is 17.1 Å². The third-order valence-corrected chi connectivity index (χ3v) is 7.61. The Kier molecular flexibility index (Phi) is 8.53. The van der Waals surface area contributed by atoms with Gasteiger partial charge in [-0.15, -0.1) is 0 Å². The average Bonchev–Trinajstić information content (AvgIpc) is 3.30. The number of nitrogens with one attached hydrogen (secondary N) is 1. The molecule has 9 heteroatoms. The van der Waals surface area contributed by atoms with Gasteiger partial charge in [0.05, 0.1) is 11.9 Å². The van der Waals surface area contributed by atoms with E-state index in [4.69, 9.17) is 0 Å². The predicted molar refractivity (Wildman–Crippen MR) is 135 cm³/mol. The van der Waals surface area contributed by atoms with Crippen molar-refractivity contribution >= 4 is 27.5 Å². The molecule has 2 aromatic carbocycles. The van der Waals surface area contributed by atoms with E-state index in [0.717, 1.165) is 41.8 Å². The molecule has 0 aliphatic heterocycles. The first-order valence-electron chi connectivity index (χ1n) is 11.9. The van der Waals surface area contributed by atoms with Gasteiger partial charge < -0.3 is 10.2 Å². The molecule has 190 valence electrons. The topological polar surface area (TPSA) is 86.8 Å². The Hall–Kier alpha value is -2.94. The molecule has 3 rings (SSSR count). The minimum absolute atomic E-state index is 0.0535. The summed E-state index contributed by atoms with van der Waals surface area (Å²) in [5, 5.41) is 2.99. The minimum atomic E-state index is -3.82. The zero-order chi connectivity index (χ0) is 25.8. The fraction of sp³-hybridized carbons (Fsp3) is 0.462. The van der Waals surface area contributed by atoms with E-state index in [1.807, 2.05) is 13.0 Å². The maximum absolute atomic E-state index is 14.5. The first-order valence-corrected chi connectivity index (χ1v) is 13.7. The largest absolute Gasteiger partial charge is 0.352 e. The number of carbonyl (C=O) groups is 2. The number of hydrogen-bond donors (Lipinski definition) is 1. The van der Waals surface area contributed by atoms with E-state index in [-0.39, 0.29) is 24.1 Å². The molecule has 0 heterocycles. The highest BCUT2D eigenvalue weighted by atomic mass is 32.2. The lowest BCUT2D eigenvalue weighted by Gasteiger charge is -2.32. The van der Waals surface area contributed by atoms with E-state index in [2.05, 4.69) is 5.32 Å². The number of halogens is 1. The van der Waals surface area contributed by atoms with Gasteiger partial charge in [0, 0.05) is 18.2 Å². The molecular weight excluding hydrogens is 469 g/mol. The van der Waals surface area contributed by atoms with Gasteiger partial charge in [0.2, 0.25) is 21.8 Å². The van der Waals surface area contributed by atoms with E-state index < -0.39 is 34.3 Å². The molecule has 0 aromatic heterocycles. The van der Waals surface area contributed by atoms with Crippen LogP contribution in [0.1, 0.15) is 49.3 Å². The smallest absolute Gasteiger partial charge is 0.244 e. The van der Waals surface area contributed by atoms with Crippen LogP contribution in [0.4, 0.5) is 10.1 Å². The first-order chi connectivity index (χ1) is 16.5. The second-order valence-electron chi connectivity index (χ2n) is 9.34. The van der Waals surface area contributed by atoms with Crippen LogP contribution < -0.4 is 9.62 Å². The van der Waals surface area contributed by atoms with Gasteiger partial charge in [0.25, 0.3) is 0 Å². The number of sulfonamides is 1. The summed E-state index contributed by atoms with van der Waals surface area (Å²) in [7, 11) is -3.82. The van der Waals surface area contributed by atoms with Crippen molar-refractivity contribution in [3.63, 3.8) is 0 Å². The summed E-state index contributed by atoms with van der Waals surface area (Å²) in [4.78, 5) is 27.9. The van der Waals surface area contributed by atoms with Crippen molar-refractivity contribution in [1.82, 2.24) is 10.2 Å². The molecule has 0 unspecified atom stereocenters. The second kappa shape index (κ2) is 11.2. The molecule has 7 nitrogen and oxygen atoms in total. The summed E-state index contributed by atoms with van der Waals surface area (Å²) in [6.45, 7) is 4.54. The number of aryl methyl sites for hydroxylation is 2. The highest BCUT2D eigenvalue weighted by Crippen LogP contribution is 2.25. The molecule has 35 heavy (non-hydrogen) atoms. The number of anilines is 1. The maximum atomic E-state index is 14.5. The Morgan fingerprint density at radius 2 is 1.77 bits per heavy atom. The molecule has 1 atom stereocenters. The van der Waals surface area contributed by atoms with Gasteiger partial charge in [-0.1, -0.05) is 43.2 Å². The van der Waals surface area contributed by atoms with E-state index >= 15 is 0 Å². The number of nitrogens with zero attached hydrogens (tertiary/aromatic N) is 2. The lowest BCUT2D eigenvalue weighted by atomic mass is 10.1. The molecule has 0 radical (unpaired) electrons. The van der Waals surface area contributed by atoms with Crippen LogP contribution in [0.15, 0.2) is 42.5 Å². The van der Waals surface area contributed by atoms with E-state index in [1.54, 1.807) is 44.2 Å². The van der Waals surface area contributed by atoms with Crippen LogP contribution in [0.2, 0.25) is 0 Å². The molecule has 1 aliphatic rings. The fourth-order valence-electron chi connectivity index (χ4n) is 4.37. The van der Waals surface area contributed by atoms with Gasteiger partial charge in [-0.05, 0) is 56.9 Å². The lowest BCUT2D eigenvalue weighted by molar-refractivity contribution is -0.139. The predicted octanol–water partition coefficient (Wildman–Crippen LogP) is 3.68. The summed E-state index contributed by atoms with van der Waals surface area (Å²) in [6.07, 6.45) is 4.88. The lowest BCUT2D eigenvalue weighted by Crippen LogP contribution is -2.52. The SMILES string of the molecule is Cc1ccc(C)c(N(CC(=O)N(Cc2ccccc2F)[C@@H](C)C(=O)NC2CCCC2)S(C)(=O)=O)c1. The fourth-order valence-corrected chi connectivity index (χ4v) is 5.27. The van der Waals surface area contributed by atoms with E-state index in [1.165, 1.54) is 11.0 Å². The number of rotatable bonds is 9. The molecule has 1 saturated carbocycles. The molecule has 1 fully saturated rings. The summed E-state index contributed by atoms with van der Waals surface area (Å²) in [5.74, 6) is -1.42. The van der Waals surface area contributed by atoms with Crippen LogP contribution in [0.5, 0.6) is 0 Å². The van der Waals surface area contributed by atoms with Crippen LogP contribution >= 0.6 is 0 Å². The van der Waals surface area contributed by atoms with Gasteiger partial charge in [-0.3, -0.25) is 13.9 Å². The quantitative estimate of drug-likeness (QED) is 0.566. The van der Waals surface area contributed by atoms with Gasteiger partial charge >= 0.3 is 0 Å². The third kappa shape index (κ3) is 6.81. The van der Waals surface area contributed by atoms with Gasteiger partial charge in [-0.25, -0.2) is 12.8 Å². The molecule has 2 amide bonds. The number of benzene rings is 2. The molecular formula is C26H34FN3O4S. The summed E-state index contributed by atoms with van der Waals surface area (Å²) >= 11 is 0. The third-order valence-electron chi connectivity index (χ3n) is 6.48. The standard InChI is InChI=1S/C26H34FN3O4S/c1-18-13-14-19(2)24(15-18)30(35(4,33)34)17-25(31)29(16-21-9-5-8-12-23(21)27)20(3)26(32)28-22-10-6-7-11-22/h5,8-9,12-15,20,22H,6-7,10-11,16-17H2,1-4H3,(H,28,32)/t20-/m0/s1. The Bertz CT molecular complexity index is 1180. The van der Waals surface area contributed by atoms with Crippen molar-refractivity contribution in [1.29, 1.82) is 0 Å². The van der Waals surface area contributed by atoms with E-state index in [0.29, 0.717) is 11.3 Å². The van der Waals surface area contributed by atoms with Crippen LogP contribution in [-0.4, -0.2) is 50.0 Å². The van der Waals surface area contributed by atoms with Gasteiger partial charge in [0.1, 0.15) is 18.4 Å². The highest BCUT2D eigenvalue weighted by Gasteiger charge is 2.32.